The van der Waals surface area contributed by atoms with Crippen LogP contribution in [0, 0.1) is 0 Å². The van der Waals surface area contributed by atoms with Gasteiger partial charge in [-0.2, -0.15) is 5.10 Å². The maximum Gasteiger partial charge on any atom is 0.163 e. The van der Waals surface area contributed by atoms with E-state index in [1.807, 2.05) is 85.9 Å². The van der Waals surface area contributed by atoms with Crippen LogP contribution in [0.1, 0.15) is 11.1 Å². The van der Waals surface area contributed by atoms with Crippen LogP contribution < -0.4 is 15.2 Å². The molecule has 2 N–H and O–H groups in total. The first-order valence-electron chi connectivity index (χ1n) is 9.46. The highest BCUT2D eigenvalue weighted by atomic mass is 16.5. The van der Waals surface area contributed by atoms with Gasteiger partial charge in [-0.15, -0.1) is 0 Å². The SMILES string of the molecule is Cn1nccc1-c1cc(OCc2ccccc2)c(OCc2ccccc2)cc1N. The van der Waals surface area contributed by atoms with E-state index in [0.717, 1.165) is 22.4 Å². The smallest absolute Gasteiger partial charge is 0.163 e. The van der Waals surface area contributed by atoms with Crippen LogP contribution >= 0.6 is 0 Å². The van der Waals surface area contributed by atoms with E-state index in [1.54, 1.807) is 10.9 Å². The molecule has 3 aromatic carbocycles. The molecular weight excluding hydrogens is 362 g/mol. The summed E-state index contributed by atoms with van der Waals surface area (Å²) in [7, 11) is 1.89. The summed E-state index contributed by atoms with van der Waals surface area (Å²) in [6.07, 6.45) is 1.75. The Morgan fingerprint density at radius 1 is 0.793 bits per heavy atom. The summed E-state index contributed by atoms with van der Waals surface area (Å²) in [5, 5.41) is 4.24. The number of aromatic nitrogens is 2. The average Bonchev–Trinajstić information content (AvgIpc) is 3.18. The molecule has 0 aliphatic rings. The van der Waals surface area contributed by atoms with Gasteiger partial charge in [0.15, 0.2) is 11.5 Å². The van der Waals surface area contributed by atoms with Crippen LogP contribution in [0.4, 0.5) is 5.69 Å². The summed E-state index contributed by atoms with van der Waals surface area (Å²) in [6, 6.07) is 25.7. The molecule has 0 saturated heterocycles. The molecule has 5 heteroatoms. The number of aryl methyl sites for hydroxylation is 1. The second-order valence-corrected chi connectivity index (χ2v) is 6.77. The maximum atomic E-state index is 6.35. The number of hydrogen-bond donors (Lipinski definition) is 1. The Hall–Kier alpha value is -3.73. The van der Waals surface area contributed by atoms with Crippen molar-refractivity contribution in [2.24, 2.45) is 7.05 Å². The zero-order valence-corrected chi connectivity index (χ0v) is 16.3. The van der Waals surface area contributed by atoms with Crippen molar-refractivity contribution in [1.82, 2.24) is 9.78 Å². The van der Waals surface area contributed by atoms with Crippen molar-refractivity contribution in [2.75, 3.05) is 5.73 Å². The van der Waals surface area contributed by atoms with Crippen molar-refractivity contribution in [3.8, 4) is 22.8 Å². The van der Waals surface area contributed by atoms with Gasteiger partial charge in [-0.1, -0.05) is 60.7 Å². The monoisotopic (exact) mass is 385 g/mol. The highest BCUT2D eigenvalue weighted by Gasteiger charge is 2.15. The second-order valence-electron chi connectivity index (χ2n) is 6.77. The van der Waals surface area contributed by atoms with Gasteiger partial charge in [0.2, 0.25) is 0 Å². The molecule has 146 valence electrons. The Kier molecular flexibility index (Phi) is 5.47. The fraction of sp³-hybridized carbons (Fsp3) is 0.125. The summed E-state index contributed by atoms with van der Waals surface area (Å²) in [6.45, 7) is 0.879. The molecule has 0 fully saturated rings. The van der Waals surface area contributed by atoms with Gasteiger partial charge in [-0.3, -0.25) is 4.68 Å². The van der Waals surface area contributed by atoms with Gasteiger partial charge in [0.05, 0.1) is 5.69 Å². The molecule has 0 amide bonds. The summed E-state index contributed by atoms with van der Waals surface area (Å²) < 4.78 is 14.0. The number of rotatable bonds is 7. The molecule has 0 bridgehead atoms. The molecule has 1 heterocycles. The Morgan fingerprint density at radius 2 is 1.34 bits per heavy atom. The van der Waals surface area contributed by atoms with E-state index in [0.29, 0.717) is 30.4 Å². The highest BCUT2D eigenvalue weighted by Crippen LogP contribution is 2.38. The van der Waals surface area contributed by atoms with Crippen LogP contribution in [0.25, 0.3) is 11.3 Å². The zero-order valence-electron chi connectivity index (χ0n) is 16.3. The van der Waals surface area contributed by atoms with E-state index >= 15 is 0 Å². The van der Waals surface area contributed by atoms with Crippen molar-refractivity contribution < 1.29 is 9.47 Å². The predicted molar refractivity (Wildman–Crippen MR) is 115 cm³/mol. The molecule has 0 saturated carbocycles. The number of nitrogens with zero attached hydrogens (tertiary/aromatic N) is 2. The van der Waals surface area contributed by atoms with Gasteiger partial charge in [0.25, 0.3) is 0 Å². The topological polar surface area (TPSA) is 62.3 Å². The van der Waals surface area contributed by atoms with Crippen molar-refractivity contribution in [2.45, 2.75) is 13.2 Å². The van der Waals surface area contributed by atoms with E-state index < -0.39 is 0 Å². The number of nitrogen functional groups attached to an aromatic ring is 1. The lowest BCUT2D eigenvalue weighted by molar-refractivity contribution is 0.256. The fourth-order valence-corrected chi connectivity index (χ4v) is 3.13. The number of hydrogen-bond acceptors (Lipinski definition) is 4. The van der Waals surface area contributed by atoms with Crippen LogP contribution in [0.2, 0.25) is 0 Å². The molecule has 0 atom stereocenters. The van der Waals surface area contributed by atoms with Gasteiger partial charge in [0, 0.05) is 30.6 Å². The molecule has 0 aliphatic heterocycles. The zero-order chi connectivity index (χ0) is 20.1. The molecule has 29 heavy (non-hydrogen) atoms. The minimum absolute atomic E-state index is 0.438. The quantitative estimate of drug-likeness (QED) is 0.463. The van der Waals surface area contributed by atoms with E-state index in [4.69, 9.17) is 15.2 Å². The first-order chi connectivity index (χ1) is 14.2. The van der Waals surface area contributed by atoms with Crippen LogP contribution in [0.3, 0.4) is 0 Å². The minimum Gasteiger partial charge on any atom is -0.485 e. The lowest BCUT2D eigenvalue weighted by atomic mass is 10.1. The van der Waals surface area contributed by atoms with E-state index in [-0.39, 0.29) is 0 Å². The van der Waals surface area contributed by atoms with E-state index in [2.05, 4.69) is 5.10 Å². The van der Waals surface area contributed by atoms with Crippen LogP contribution in [-0.4, -0.2) is 9.78 Å². The molecule has 0 spiro atoms. The third-order valence-electron chi connectivity index (χ3n) is 4.69. The van der Waals surface area contributed by atoms with Gasteiger partial charge in [-0.05, 0) is 23.3 Å². The molecule has 4 rings (SSSR count). The number of benzene rings is 3. The molecule has 0 radical (unpaired) electrons. The first-order valence-corrected chi connectivity index (χ1v) is 9.46. The molecule has 1 aromatic heterocycles. The van der Waals surface area contributed by atoms with Crippen LogP contribution in [0.15, 0.2) is 85.1 Å². The standard InChI is InChI=1S/C24H23N3O2/c1-27-22(12-13-26-27)20-14-23(28-16-18-8-4-2-5-9-18)24(15-21(20)25)29-17-19-10-6-3-7-11-19/h2-15H,16-17,25H2,1H3. The lowest BCUT2D eigenvalue weighted by Crippen LogP contribution is -2.03. The normalized spacial score (nSPS) is 10.7. The highest BCUT2D eigenvalue weighted by molar-refractivity contribution is 5.77. The Balaban J connectivity index is 1.64. The molecule has 4 aromatic rings. The summed E-state index contributed by atoms with van der Waals surface area (Å²) >= 11 is 0. The molecule has 5 nitrogen and oxygen atoms in total. The number of nitrogens with two attached hydrogens (primary N) is 1. The van der Waals surface area contributed by atoms with Crippen molar-refractivity contribution in [3.63, 3.8) is 0 Å². The van der Waals surface area contributed by atoms with Crippen molar-refractivity contribution in [3.05, 3.63) is 96.2 Å². The van der Waals surface area contributed by atoms with Gasteiger partial charge < -0.3 is 15.2 Å². The summed E-state index contributed by atoms with van der Waals surface area (Å²) in [5.41, 5.74) is 10.9. The van der Waals surface area contributed by atoms with Crippen LogP contribution in [-0.2, 0) is 20.3 Å². The largest absolute Gasteiger partial charge is 0.485 e. The van der Waals surface area contributed by atoms with Gasteiger partial charge >= 0.3 is 0 Å². The Morgan fingerprint density at radius 3 is 1.86 bits per heavy atom. The van der Waals surface area contributed by atoms with Gasteiger partial charge in [-0.25, -0.2) is 0 Å². The summed E-state index contributed by atoms with van der Waals surface area (Å²) in [4.78, 5) is 0. The molecule has 0 unspecified atom stereocenters. The Bertz CT molecular complexity index is 1080. The molecule has 0 aliphatic carbocycles. The fourth-order valence-electron chi connectivity index (χ4n) is 3.13. The molecular formula is C24H23N3O2. The number of ether oxygens (including phenoxy) is 2. The predicted octanol–water partition coefficient (Wildman–Crippen LogP) is 4.83. The third-order valence-corrected chi connectivity index (χ3v) is 4.69. The van der Waals surface area contributed by atoms with E-state index in [1.165, 1.54) is 0 Å². The van der Waals surface area contributed by atoms with Crippen LogP contribution in [0.5, 0.6) is 11.5 Å². The van der Waals surface area contributed by atoms with E-state index in [9.17, 15) is 0 Å². The first kappa shape index (κ1) is 18.6. The average molecular weight is 385 g/mol. The maximum absolute atomic E-state index is 6.35. The summed E-state index contributed by atoms with van der Waals surface area (Å²) in [5.74, 6) is 1.27. The minimum atomic E-state index is 0.438. The lowest BCUT2D eigenvalue weighted by Gasteiger charge is -2.16. The van der Waals surface area contributed by atoms with Crippen molar-refractivity contribution in [1.29, 1.82) is 0 Å². The Labute approximate surface area is 170 Å². The van der Waals surface area contributed by atoms with Gasteiger partial charge in [0.1, 0.15) is 13.2 Å². The second kappa shape index (κ2) is 8.52. The third kappa shape index (κ3) is 4.41. The van der Waals surface area contributed by atoms with Crippen molar-refractivity contribution >= 4 is 5.69 Å². The number of anilines is 1.